The van der Waals surface area contributed by atoms with Gasteiger partial charge in [0.15, 0.2) is 0 Å². The minimum atomic E-state index is -3.19. The van der Waals surface area contributed by atoms with Crippen LogP contribution >= 0.6 is 0 Å². The molecular formula is C15H16FeO2. The Balaban J connectivity index is 1.47. The summed E-state index contributed by atoms with van der Waals surface area (Å²) in [7, 11) is 0. The van der Waals surface area contributed by atoms with E-state index < -0.39 is 6.51 Å². The zero-order valence-corrected chi connectivity index (χ0v) is 11.2. The van der Waals surface area contributed by atoms with E-state index in [0.29, 0.717) is 14.9 Å². The first kappa shape index (κ1) is 6.76. The fourth-order valence-electron chi connectivity index (χ4n) is 17.9. The normalized spacial score (nSPS) is 124. The maximum absolute atomic E-state index is 6.84. The minimum absolute atomic E-state index is 0.465. The molecule has 11 aliphatic heterocycles. The van der Waals surface area contributed by atoms with E-state index in [4.69, 9.17) is 9.47 Å². The van der Waals surface area contributed by atoms with E-state index >= 15 is 0 Å². The van der Waals surface area contributed by atoms with Gasteiger partial charge in [-0.1, -0.05) is 0 Å². The second-order valence-corrected chi connectivity index (χ2v) is 34.4. The number of hydrogen-bond acceptors (Lipinski definition) is 2. The first-order valence-corrected chi connectivity index (χ1v) is 13.9. The van der Waals surface area contributed by atoms with Crippen LogP contribution in [0.25, 0.3) is 0 Å². The molecule has 2 nitrogen and oxygen atoms in total. The molecule has 0 N–H and O–H groups in total. The molecular weight excluding hydrogens is 268 g/mol. The zero-order valence-electron chi connectivity index (χ0n) is 10.1. The molecule has 96 valence electrons. The van der Waals surface area contributed by atoms with E-state index in [1.54, 1.807) is 0 Å². The van der Waals surface area contributed by atoms with Gasteiger partial charge >= 0.3 is 95.3 Å². The Morgan fingerprint density at radius 2 is 1.83 bits per heavy atom. The third kappa shape index (κ3) is 0.0652. The summed E-state index contributed by atoms with van der Waals surface area (Å²) >= 11 is 0. The number of ether oxygens (including phenoxy) is 2. The number of fused-ring (bicyclic) bond motifs is 10. The molecule has 11 fully saturated rings. The van der Waals surface area contributed by atoms with Crippen LogP contribution in [0.3, 0.4) is 0 Å². The second kappa shape index (κ2) is 0.565. The van der Waals surface area contributed by atoms with Crippen LogP contribution in [0.5, 0.6) is 0 Å². The van der Waals surface area contributed by atoms with Crippen LogP contribution in [0.1, 0.15) is 0 Å². The number of epoxide rings is 1. The molecule has 6 unspecified atom stereocenters. The van der Waals surface area contributed by atoms with Crippen LogP contribution in [0.4, 0.5) is 0 Å². The molecule has 0 aromatic rings. The summed E-state index contributed by atoms with van der Waals surface area (Å²) in [5.41, 5.74) is 0. The Bertz CT molecular complexity index is 1030. The molecule has 0 aliphatic carbocycles. The third-order valence-corrected chi connectivity index (χ3v) is 58.5. The molecule has 18 heavy (non-hydrogen) atoms. The molecule has 1 spiro atoms. The predicted molar refractivity (Wildman–Crippen MR) is 61.3 cm³/mol. The van der Waals surface area contributed by atoms with Crippen molar-refractivity contribution < 1.29 is 16.0 Å². The van der Waals surface area contributed by atoms with Gasteiger partial charge in [0.25, 0.3) is 0 Å². The third-order valence-electron chi connectivity index (χ3n) is 16.0. The molecule has 11 rings (SSSR count). The molecule has 11 saturated heterocycles. The van der Waals surface area contributed by atoms with Crippen LogP contribution in [0.15, 0.2) is 12.7 Å². The summed E-state index contributed by atoms with van der Waals surface area (Å²) in [5, 5.41) is 0. The van der Waals surface area contributed by atoms with Gasteiger partial charge in [-0.05, 0) is 0 Å². The summed E-state index contributed by atoms with van der Waals surface area (Å²) in [6.45, 7) is 3.07. The van der Waals surface area contributed by atoms with E-state index in [1.807, 2.05) is 0 Å². The van der Waals surface area contributed by atoms with Crippen LogP contribution in [0, 0.1) is 0 Å². The van der Waals surface area contributed by atoms with Crippen LogP contribution in [-0.2, 0) is 16.0 Å². The Labute approximate surface area is 95.4 Å². The van der Waals surface area contributed by atoms with Crippen molar-refractivity contribution in [1.82, 2.24) is 0 Å². The fourth-order valence-corrected chi connectivity index (χ4v) is 92.1. The summed E-state index contributed by atoms with van der Waals surface area (Å²) in [5.74, 6) is 0. The van der Waals surface area contributed by atoms with Gasteiger partial charge in [-0.3, -0.25) is 0 Å². The maximum atomic E-state index is 6.84. The van der Waals surface area contributed by atoms with E-state index in [9.17, 15) is 0 Å². The number of rotatable bonds is 4. The van der Waals surface area contributed by atoms with Crippen LogP contribution in [0.2, 0.25) is 42.8 Å². The predicted octanol–water partition coefficient (Wildman–Crippen LogP) is 3.25. The topological polar surface area (TPSA) is 21.8 Å². The second-order valence-electron chi connectivity index (χ2n) is 11.2. The Morgan fingerprint density at radius 3 is 2.22 bits per heavy atom. The average molecular weight is 284 g/mol. The Hall–Kier alpha value is 0.179. The van der Waals surface area contributed by atoms with Crippen molar-refractivity contribution in [1.29, 1.82) is 0 Å². The van der Waals surface area contributed by atoms with Gasteiger partial charge in [0.1, 0.15) is 0 Å². The molecule has 3 heteroatoms. The molecule has 0 amide bonds. The molecule has 0 radical (unpaired) electrons. The van der Waals surface area contributed by atoms with Gasteiger partial charge < -0.3 is 0 Å². The molecule has 6 atom stereocenters. The molecule has 11 heterocycles. The molecule has 0 bridgehead atoms. The van der Waals surface area contributed by atoms with Crippen molar-refractivity contribution >= 4 is 0 Å². The number of hydrogen-bond donors (Lipinski definition) is 0. The fraction of sp³-hybridized carbons (Fsp3) is 0.867. The van der Waals surface area contributed by atoms with Gasteiger partial charge in [0, 0.05) is 0 Å². The van der Waals surface area contributed by atoms with Gasteiger partial charge in [-0.15, -0.1) is 0 Å². The SMILES string of the molecule is C=C[C]12[CH]3[CH]4[CH]5[C]1(OCC1CO1)[Fe]43521678[CH]2[CH]1[CH]6[CH]7[CH]28. The molecule has 0 aromatic carbocycles. The van der Waals surface area contributed by atoms with E-state index in [2.05, 4.69) is 12.7 Å². The Kier molecular flexibility index (Phi) is 0.212. The van der Waals surface area contributed by atoms with Crippen molar-refractivity contribution in [3.8, 4) is 0 Å². The quantitative estimate of drug-likeness (QED) is 0.449. The molecule has 11 aliphatic rings. The van der Waals surface area contributed by atoms with Crippen molar-refractivity contribution in [2.24, 2.45) is 0 Å². The summed E-state index contributed by atoms with van der Waals surface area (Å²) in [6.07, 6.45) is 2.96. The van der Waals surface area contributed by atoms with Gasteiger partial charge in [0.05, 0.1) is 0 Å². The van der Waals surface area contributed by atoms with Crippen LogP contribution < -0.4 is 0 Å². The van der Waals surface area contributed by atoms with Crippen molar-refractivity contribution in [2.75, 3.05) is 13.2 Å². The first-order chi connectivity index (χ1) is 8.58. The van der Waals surface area contributed by atoms with Gasteiger partial charge in [-0.25, -0.2) is 0 Å². The van der Waals surface area contributed by atoms with Crippen molar-refractivity contribution in [3.63, 3.8) is 0 Å². The molecule has 0 saturated carbocycles. The van der Waals surface area contributed by atoms with Gasteiger partial charge in [0.2, 0.25) is 0 Å². The molecule has 0 aromatic heterocycles. The summed E-state index contributed by atoms with van der Waals surface area (Å²) in [6, 6.07) is 0. The van der Waals surface area contributed by atoms with Gasteiger partial charge in [-0.2, -0.15) is 0 Å². The van der Waals surface area contributed by atoms with E-state index in [-0.39, 0.29) is 0 Å². The average Bonchev–Trinajstić information content (AvgIpc) is 3.35. The zero-order chi connectivity index (χ0) is 11.0. The standard InChI is InChI=1S/C10H11O2.C5H5.Fe/c1-2-8-4-3-5-10(8)12-7-9-6-11-9;1-2-4-5-3-1;/h2-5,9H,1,6-7H2;1-5H;. The van der Waals surface area contributed by atoms with Crippen molar-refractivity contribution in [3.05, 3.63) is 12.7 Å². The summed E-state index contributed by atoms with van der Waals surface area (Å²) < 4.78 is 13.4. The Morgan fingerprint density at radius 1 is 1.17 bits per heavy atom. The van der Waals surface area contributed by atoms with Crippen LogP contribution in [-0.4, -0.2) is 23.8 Å². The monoisotopic (exact) mass is 284 g/mol. The van der Waals surface area contributed by atoms with E-state index in [0.717, 1.165) is 13.2 Å². The first-order valence-electron chi connectivity index (χ1n) is 7.68. The van der Waals surface area contributed by atoms with E-state index in [1.165, 1.54) is 38.5 Å². The summed E-state index contributed by atoms with van der Waals surface area (Å²) in [4.78, 5) is 10.3. The van der Waals surface area contributed by atoms with Crippen molar-refractivity contribution in [2.45, 2.75) is 53.4 Å².